The van der Waals surface area contributed by atoms with Crippen LogP contribution in [0.5, 0.6) is 0 Å². The van der Waals surface area contributed by atoms with Crippen LogP contribution in [-0.2, 0) is 25.2 Å². The summed E-state index contributed by atoms with van der Waals surface area (Å²) in [6.45, 7) is 35.1. The predicted molar refractivity (Wildman–Crippen MR) is 302 cm³/mol. The largest absolute Gasteiger partial charge is 0.871 e. The molecule has 2 aromatic carbocycles. The van der Waals surface area contributed by atoms with Crippen LogP contribution in [0.3, 0.4) is 0 Å². The average Bonchev–Trinajstić information content (AvgIpc) is 3.63. The van der Waals surface area contributed by atoms with Crippen LogP contribution in [0.15, 0.2) is 30.0 Å². The normalized spacial score (nSPS) is 20.7. The minimum Gasteiger partial charge on any atom is -0.871 e. The van der Waals surface area contributed by atoms with Gasteiger partial charge in [0.05, 0.1) is 16.8 Å². The van der Waals surface area contributed by atoms with E-state index < -0.39 is 0 Å². The second-order valence-electron chi connectivity index (χ2n) is 23.1. The number of anilines is 3. The summed E-state index contributed by atoms with van der Waals surface area (Å²) in [7, 11) is 0. The number of hydrogen-bond acceptors (Lipinski definition) is 7. The summed E-state index contributed by atoms with van der Waals surface area (Å²) < 4.78 is 2.39. The van der Waals surface area contributed by atoms with Crippen molar-refractivity contribution < 1.29 is 19.5 Å². The highest BCUT2D eigenvalue weighted by molar-refractivity contribution is 7.99. The van der Waals surface area contributed by atoms with Gasteiger partial charge >= 0.3 is 0 Å². The molecule has 1 aliphatic carbocycles. The third-order valence-electron chi connectivity index (χ3n) is 16.8. The number of amides is 2. The Morgan fingerprint density at radius 1 is 0.700 bits per heavy atom. The van der Waals surface area contributed by atoms with Crippen molar-refractivity contribution in [3.8, 4) is 0 Å². The number of unbranched alkanes of at least 4 members (excludes halogenated alkanes) is 2. The Bertz CT molecular complexity index is 2330. The third-order valence-corrected chi connectivity index (χ3v) is 19.3. The first-order valence-electron chi connectivity index (χ1n) is 27.6. The number of thioether (sulfide) groups is 2. The molecule has 3 aliphatic rings. The molecule has 2 N–H and O–H groups in total. The van der Waals surface area contributed by atoms with Gasteiger partial charge in [-0.2, -0.15) is 23.5 Å². The highest BCUT2D eigenvalue weighted by atomic mass is 32.2. The number of fused-ring (bicyclic) bond motifs is 2. The van der Waals surface area contributed by atoms with Gasteiger partial charge in [-0.05, 0) is 153 Å². The van der Waals surface area contributed by atoms with Gasteiger partial charge in [0, 0.05) is 68.6 Å². The molecule has 390 valence electrons. The Morgan fingerprint density at radius 2 is 1.23 bits per heavy atom. The van der Waals surface area contributed by atoms with Crippen molar-refractivity contribution in [1.29, 1.82) is 0 Å². The smallest absolute Gasteiger partial charge is 0.227 e. The molecular formula is C60H94N4O4S2. The van der Waals surface area contributed by atoms with Crippen molar-refractivity contribution in [3.05, 3.63) is 57.3 Å². The van der Waals surface area contributed by atoms with E-state index in [0.29, 0.717) is 22.2 Å². The number of benzene rings is 2. The standard InChI is InChI=1S/C60H94N4O4S2/c1-17-21-27-43(19-3)35-69-29-23-25-39(9)57(67)61-49-33-51-47(59(13,14)41(11)63(51)37(5)6)31-45(49)53-55(65)54(56(53)66)46-32-48-52(64(38(7)8)42(12)60(48,15)16)34-50(46)62-58(68)40(10)26-24-30-70-36-44(20-4)28-22-18-2/h31-34,37-44H,17-30,35-36H2,1-16H3,(H2,61,62,65,66,67,68). The van der Waals surface area contributed by atoms with Gasteiger partial charge in [-0.1, -0.05) is 99.7 Å². The first-order valence-corrected chi connectivity index (χ1v) is 29.9. The van der Waals surface area contributed by atoms with Crippen LogP contribution < -0.4 is 35.8 Å². The Labute approximate surface area is 433 Å². The lowest BCUT2D eigenvalue weighted by Gasteiger charge is -2.34. The topological polar surface area (TPSA) is 105 Å². The zero-order valence-electron chi connectivity index (χ0n) is 46.6. The van der Waals surface area contributed by atoms with Gasteiger partial charge in [-0.3, -0.25) is 14.4 Å². The molecule has 0 fully saturated rings. The minimum atomic E-state index is -0.353. The van der Waals surface area contributed by atoms with Gasteiger partial charge in [-0.15, -0.1) is 0 Å². The maximum absolute atomic E-state index is 15.0. The molecule has 6 atom stereocenters. The van der Waals surface area contributed by atoms with Crippen molar-refractivity contribution in [1.82, 2.24) is 4.58 Å². The van der Waals surface area contributed by atoms with E-state index in [1.807, 2.05) is 61.6 Å². The van der Waals surface area contributed by atoms with Crippen LogP contribution in [0.4, 0.5) is 17.1 Å². The van der Waals surface area contributed by atoms with Crippen LogP contribution in [-0.4, -0.2) is 64.8 Å². The minimum absolute atomic E-state index is 0.0947. The van der Waals surface area contributed by atoms with E-state index in [1.54, 1.807) is 0 Å². The van der Waals surface area contributed by atoms with Gasteiger partial charge in [0.25, 0.3) is 0 Å². The summed E-state index contributed by atoms with van der Waals surface area (Å²) in [5, 5.41) is 23.1. The summed E-state index contributed by atoms with van der Waals surface area (Å²) in [5.74, 6) is 4.46. The molecule has 0 aromatic heterocycles. The lowest BCUT2D eigenvalue weighted by atomic mass is 9.76. The van der Waals surface area contributed by atoms with Crippen LogP contribution in [0.2, 0.25) is 0 Å². The number of carbonyl (C=O) groups is 3. The molecule has 10 heteroatoms. The highest BCUT2D eigenvalue weighted by Crippen LogP contribution is 2.51. The van der Waals surface area contributed by atoms with Gasteiger partial charge in [0.1, 0.15) is 6.04 Å². The van der Waals surface area contributed by atoms with Gasteiger partial charge < -0.3 is 20.6 Å². The van der Waals surface area contributed by atoms with Crippen LogP contribution in [0.25, 0.3) is 11.1 Å². The van der Waals surface area contributed by atoms with Crippen molar-refractivity contribution in [3.63, 3.8) is 0 Å². The number of allylic oxidation sites excluding steroid dienone is 2. The molecular weight excluding hydrogens is 905 g/mol. The molecule has 0 bridgehead atoms. The SMILES string of the molecule is CCCCC(CC)CSCCCC(C)C(=O)Nc1cc2c(cc1C1=C([O-])/C(=c3/cc4c(cc3NC(=O)C(C)CCCSCC(CC)CCCC)=[N+](C(C)C)C(C)C4(C)C)C1=O)C(C)(C)C(C)N2C(C)C. The zero-order valence-corrected chi connectivity index (χ0v) is 48.2. The molecule has 2 aromatic rings. The molecule has 2 aliphatic heterocycles. The molecule has 8 nitrogen and oxygen atoms in total. The monoisotopic (exact) mass is 999 g/mol. The number of ketones is 1. The Hall–Kier alpha value is -3.24. The second kappa shape index (κ2) is 25.1. The van der Waals surface area contributed by atoms with E-state index in [9.17, 15) is 9.59 Å². The van der Waals surface area contributed by atoms with Crippen molar-refractivity contribution in [2.24, 2.45) is 23.7 Å². The maximum Gasteiger partial charge on any atom is 0.227 e. The van der Waals surface area contributed by atoms with Crippen LogP contribution >= 0.6 is 23.5 Å². The first kappa shape index (κ1) is 57.7. The van der Waals surface area contributed by atoms with E-state index in [4.69, 9.17) is 0 Å². The summed E-state index contributed by atoms with van der Waals surface area (Å²) in [6, 6.07) is 8.73. The predicted octanol–water partition coefficient (Wildman–Crippen LogP) is 12.3. The molecule has 0 spiro atoms. The Morgan fingerprint density at radius 3 is 1.70 bits per heavy atom. The molecule has 0 saturated heterocycles. The molecule has 6 unspecified atom stereocenters. The van der Waals surface area contributed by atoms with Crippen molar-refractivity contribution >= 4 is 69.3 Å². The summed E-state index contributed by atoms with van der Waals surface area (Å²) in [5.41, 5.74) is 4.23. The number of carbonyl (C=O) groups excluding carboxylic acids is 3. The molecule has 2 amide bonds. The van der Waals surface area contributed by atoms with E-state index in [0.717, 1.165) is 71.2 Å². The van der Waals surface area contributed by atoms with Crippen LogP contribution in [0, 0.1) is 23.7 Å². The third kappa shape index (κ3) is 12.6. The first-order chi connectivity index (χ1) is 33.1. The quantitative estimate of drug-likeness (QED) is 0.0678. The van der Waals surface area contributed by atoms with Gasteiger partial charge in [0.15, 0.2) is 11.8 Å². The lowest BCUT2D eigenvalue weighted by molar-refractivity contribution is -0.292. The van der Waals surface area contributed by atoms with Crippen molar-refractivity contribution in [2.45, 2.75) is 223 Å². The van der Waals surface area contributed by atoms with Crippen molar-refractivity contribution in [2.75, 3.05) is 38.5 Å². The number of nitrogens with zero attached hydrogens (tertiary/aromatic N) is 2. The molecule has 0 saturated carbocycles. The van der Waals surface area contributed by atoms with Gasteiger partial charge in [-0.25, -0.2) is 4.58 Å². The fourth-order valence-electron chi connectivity index (χ4n) is 11.2. The highest BCUT2D eigenvalue weighted by Gasteiger charge is 2.47. The molecule has 0 radical (unpaired) electrons. The second-order valence-corrected chi connectivity index (χ2v) is 25.4. The molecule has 70 heavy (non-hydrogen) atoms. The van der Waals surface area contributed by atoms with Crippen LogP contribution in [0.1, 0.15) is 205 Å². The van der Waals surface area contributed by atoms with E-state index in [2.05, 4.69) is 117 Å². The molecule has 5 rings (SSSR count). The van der Waals surface area contributed by atoms with E-state index >= 15 is 9.90 Å². The van der Waals surface area contributed by atoms with E-state index in [-0.39, 0.29) is 81.3 Å². The maximum atomic E-state index is 15.0. The Kier molecular flexibility index (Phi) is 20.7. The number of Topliss-reactive ketones (excluding diaryl/α,β-unsaturated/α-hetero) is 1. The Balaban J connectivity index is 1.53. The molecule has 2 heterocycles. The fourth-order valence-corrected chi connectivity index (χ4v) is 13.8. The average molecular weight is 1000 g/mol. The number of nitrogens with one attached hydrogen (secondary N) is 2. The number of hydrogen-bond donors (Lipinski definition) is 2. The number of rotatable bonds is 27. The van der Waals surface area contributed by atoms with Gasteiger partial charge in [0.2, 0.25) is 17.2 Å². The lowest BCUT2D eigenvalue weighted by Crippen LogP contribution is -2.42. The summed E-state index contributed by atoms with van der Waals surface area (Å²) in [6.07, 6.45) is 13.4. The summed E-state index contributed by atoms with van der Waals surface area (Å²) in [4.78, 5) is 45.8. The zero-order chi connectivity index (χ0) is 51.8. The fraction of sp³-hybridized carbons (Fsp3) is 0.700. The summed E-state index contributed by atoms with van der Waals surface area (Å²) >= 11 is 4.00. The van der Waals surface area contributed by atoms with E-state index in [1.165, 1.54) is 62.9 Å².